The zero-order valence-electron chi connectivity index (χ0n) is 9.05. The zero-order chi connectivity index (χ0) is 13.0. The van der Waals surface area contributed by atoms with E-state index in [-0.39, 0.29) is 17.8 Å². The van der Waals surface area contributed by atoms with Crippen molar-refractivity contribution in [1.82, 2.24) is 0 Å². The van der Waals surface area contributed by atoms with Gasteiger partial charge in [0.1, 0.15) is 11.7 Å². The van der Waals surface area contributed by atoms with Gasteiger partial charge < -0.3 is 10.5 Å². The van der Waals surface area contributed by atoms with Gasteiger partial charge in [0.05, 0.1) is 12.0 Å². The molecule has 0 bridgehead atoms. The highest BCUT2D eigenvalue weighted by molar-refractivity contribution is 5.80. The van der Waals surface area contributed by atoms with E-state index in [1.54, 1.807) is 0 Å². The number of nitrogens with zero attached hydrogens (tertiary/aromatic N) is 1. The second kappa shape index (κ2) is 5.35. The van der Waals surface area contributed by atoms with Gasteiger partial charge in [-0.15, -0.1) is 0 Å². The fourth-order valence-corrected chi connectivity index (χ4v) is 1.46. The minimum atomic E-state index is -1.05. The van der Waals surface area contributed by atoms with Gasteiger partial charge >= 0.3 is 5.97 Å². The minimum Gasteiger partial charge on any atom is -0.469 e. The average molecular weight is 242 g/mol. The number of carbonyl (C=O) groups is 1. The van der Waals surface area contributed by atoms with Gasteiger partial charge in [-0.2, -0.15) is 0 Å². The van der Waals surface area contributed by atoms with Gasteiger partial charge in [0.15, 0.2) is 0 Å². The minimum absolute atomic E-state index is 0.0793. The first-order chi connectivity index (χ1) is 8.01. The van der Waals surface area contributed by atoms with Crippen LogP contribution in [0.5, 0.6) is 0 Å². The van der Waals surface area contributed by atoms with Gasteiger partial charge in [-0.1, -0.05) is 0 Å². The molecule has 0 aromatic heterocycles. The number of nitrogens with two attached hydrogens (primary N) is 1. The zero-order valence-corrected chi connectivity index (χ0v) is 9.05. The van der Waals surface area contributed by atoms with Crippen LogP contribution in [0.1, 0.15) is 11.5 Å². The van der Waals surface area contributed by atoms with E-state index in [1.807, 2.05) is 0 Å². The van der Waals surface area contributed by atoms with Crippen LogP contribution in [0.25, 0.3) is 0 Å². The molecular weight excluding hydrogens is 231 g/mol. The van der Waals surface area contributed by atoms with Crippen molar-refractivity contribution in [3.63, 3.8) is 0 Å². The summed E-state index contributed by atoms with van der Waals surface area (Å²) in [5, 5.41) is 10.8. The molecule has 0 aliphatic carbocycles. The Morgan fingerprint density at radius 2 is 2.29 bits per heavy atom. The molecule has 0 spiro atoms. The predicted octanol–water partition coefficient (Wildman–Crippen LogP) is 0.949. The van der Waals surface area contributed by atoms with Gasteiger partial charge in [0, 0.05) is 18.2 Å². The van der Waals surface area contributed by atoms with E-state index < -0.39 is 22.6 Å². The maximum absolute atomic E-state index is 13.1. The molecule has 1 unspecified atom stereocenters. The highest BCUT2D eigenvalue weighted by atomic mass is 19.1. The van der Waals surface area contributed by atoms with Crippen molar-refractivity contribution in [2.75, 3.05) is 13.7 Å². The summed E-state index contributed by atoms with van der Waals surface area (Å²) in [6.45, 7) is -0.197. The summed E-state index contributed by atoms with van der Waals surface area (Å²) >= 11 is 0. The maximum Gasteiger partial charge on any atom is 0.314 e. The number of hydrogen-bond donors (Lipinski definition) is 1. The molecule has 0 amide bonds. The van der Waals surface area contributed by atoms with Crippen molar-refractivity contribution in [2.24, 2.45) is 5.73 Å². The Bertz CT molecular complexity index is 450. The molecule has 0 fully saturated rings. The molecule has 2 N–H and O–H groups in total. The molecule has 92 valence electrons. The quantitative estimate of drug-likeness (QED) is 0.481. The molecule has 0 aliphatic rings. The van der Waals surface area contributed by atoms with Crippen molar-refractivity contribution >= 4 is 11.7 Å². The number of ether oxygens (including phenoxy) is 1. The second-order valence-corrected chi connectivity index (χ2v) is 3.27. The molecule has 17 heavy (non-hydrogen) atoms. The van der Waals surface area contributed by atoms with E-state index in [1.165, 1.54) is 0 Å². The van der Waals surface area contributed by atoms with E-state index in [0.29, 0.717) is 0 Å². The van der Waals surface area contributed by atoms with E-state index in [2.05, 4.69) is 4.74 Å². The van der Waals surface area contributed by atoms with E-state index in [0.717, 1.165) is 25.3 Å². The third-order valence-corrected chi connectivity index (χ3v) is 2.28. The lowest BCUT2D eigenvalue weighted by Crippen LogP contribution is -2.23. The molecule has 7 heteroatoms. The van der Waals surface area contributed by atoms with Crippen LogP contribution in [0.2, 0.25) is 0 Å². The Hall–Kier alpha value is -2.02. The first-order valence-electron chi connectivity index (χ1n) is 4.73. The largest absolute Gasteiger partial charge is 0.469 e. The number of halogens is 1. The summed E-state index contributed by atoms with van der Waals surface area (Å²) in [5.41, 5.74) is 4.92. The van der Waals surface area contributed by atoms with Crippen LogP contribution < -0.4 is 5.73 Å². The predicted molar refractivity (Wildman–Crippen MR) is 56.9 cm³/mol. The average Bonchev–Trinajstić information content (AvgIpc) is 2.29. The van der Waals surface area contributed by atoms with Gasteiger partial charge in [0.25, 0.3) is 5.69 Å². The van der Waals surface area contributed by atoms with Crippen molar-refractivity contribution < 1.29 is 18.8 Å². The molecule has 6 nitrogen and oxygen atoms in total. The SMILES string of the molecule is COC(=O)C(CN)c1cc(F)ccc1[N+](=O)[O-]. The van der Waals surface area contributed by atoms with E-state index >= 15 is 0 Å². The molecular formula is C10H11FN2O4. The summed E-state index contributed by atoms with van der Waals surface area (Å²) in [7, 11) is 1.14. The molecule has 1 atom stereocenters. The third-order valence-electron chi connectivity index (χ3n) is 2.28. The molecule has 1 aromatic carbocycles. The van der Waals surface area contributed by atoms with E-state index in [4.69, 9.17) is 5.73 Å². The molecule has 0 radical (unpaired) electrons. The maximum atomic E-state index is 13.1. The number of methoxy groups -OCH3 is 1. The Balaban J connectivity index is 3.30. The van der Waals surface area contributed by atoms with E-state index in [9.17, 15) is 19.3 Å². The highest BCUT2D eigenvalue weighted by Gasteiger charge is 2.28. The number of rotatable bonds is 4. The normalized spacial score (nSPS) is 11.9. The lowest BCUT2D eigenvalue weighted by atomic mass is 9.97. The summed E-state index contributed by atoms with van der Waals surface area (Å²) < 4.78 is 17.5. The molecule has 0 heterocycles. The molecule has 0 saturated heterocycles. The Morgan fingerprint density at radius 1 is 1.65 bits per heavy atom. The standard InChI is InChI=1S/C10H11FN2O4/c1-17-10(14)8(5-12)7-4-6(11)2-3-9(7)13(15)16/h2-4,8H,5,12H2,1H3. The van der Waals surface area contributed by atoms with Crippen LogP contribution in [-0.2, 0) is 9.53 Å². The van der Waals surface area contributed by atoms with Crippen LogP contribution >= 0.6 is 0 Å². The summed E-state index contributed by atoms with van der Waals surface area (Å²) in [5.74, 6) is -2.45. The Labute approximate surface area is 96.3 Å². The van der Waals surface area contributed by atoms with Gasteiger partial charge in [0.2, 0.25) is 0 Å². The van der Waals surface area contributed by atoms with Crippen LogP contribution in [0.4, 0.5) is 10.1 Å². The monoisotopic (exact) mass is 242 g/mol. The summed E-state index contributed by atoms with van der Waals surface area (Å²) in [6.07, 6.45) is 0. The van der Waals surface area contributed by atoms with Gasteiger partial charge in [-0.05, 0) is 12.1 Å². The fourth-order valence-electron chi connectivity index (χ4n) is 1.46. The number of nitro benzene ring substituents is 1. The first kappa shape index (κ1) is 13.0. The molecule has 0 saturated carbocycles. The van der Waals surface area contributed by atoms with Crippen molar-refractivity contribution in [2.45, 2.75) is 5.92 Å². The van der Waals surface area contributed by atoms with Crippen LogP contribution in [-0.4, -0.2) is 24.5 Å². The Morgan fingerprint density at radius 3 is 2.76 bits per heavy atom. The number of hydrogen-bond acceptors (Lipinski definition) is 5. The number of nitro groups is 1. The van der Waals surface area contributed by atoms with Gasteiger partial charge in [-0.25, -0.2) is 4.39 Å². The number of esters is 1. The smallest absolute Gasteiger partial charge is 0.314 e. The first-order valence-corrected chi connectivity index (χ1v) is 4.73. The lowest BCUT2D eigenvalue weighted by molar-refractivity contribution is -0.385. The summed E-state index contributed by atoms with van der Waals surface area (Å²) in [6, 6.07) is 2.87. The van der Waals surface area contributed by atoms with Crippen molar-refractivity contribution in [3.8, 4) is 0 Å². The molecule has 1 rings (SSSR count). The van der Waals surface area contributed by atoms with Gasteiger partial charge in [-0.3, -0.25) is 14.9 Å². The molecule has 0 aliphatic heterocycles. The fraction of sp³-hybridized carbons (Fsp3) is 0.300. The van der Waals surface area contributed by atoms with Crippen LogP contribution in [0, 0.1) is 15.9 Å². The number of benzene rings is 1. The van der Waals surface area contributed by atoms with Crippen molar-refractivity contribution in [3.05, 3.63) is 39.7 Å². The van der Waals surface area contributed by atoms with Crippen molar-refractivity contribution in [1.29, 1.82) is 0 Å². The second-order valence-electron chi connectivity index (χ2n) is 3.27. The molecule has 1 aromatic rings. The van der Waals surface area contributed by atoms with Crippen LogP contribution in [0.3, 0.4) is 0 Å². The highest BCUT2D eigenvalue weighted by Crippen LogP contribution is 2.27. The van der Waals surface area contributed by atoms with Crippen LogP contribution in [0.15, 0.2) is 18.2 Å². The topological polar surface area (TPSA) is 95.5 Å². The lowest BCUT2D eigenvalue weighted by Gasteiger charge is -2.12. The summed E-state index contributed by atoms with van der Waals surface area (Å²) in [4.78, 5) is 21.4. The third kappa shape index (κ3) is 2.76. The Kier molecular flexibility index (Phi) is 4.11. The number of carbonyl (C=O) groups excluding carboxylic acids is 1.